The molecule has 0 N–H and O–H groups in total. The third-order valence-corrected chi connectivity index (χ3v) is 4.97. The number of aromatic nitrogens is 2. The molecule has 0 saturated carbocycles. The van der Waals surface area contributed by atoms with Crippen molar-refractivity contribution in [3.8, 4) is 0 Å². The van der Waals surface area contributed by atoms with Crippen molar-refractivity contribution in [2.45, 2.75) is 39.9 Å². The quantitative estimate of drug-likeness (QED) is 0.528. The molecule has 128 valence electrons. The number of carbonyl (C=O) groups excluding carboxylic acids is 2. The molecule has 0 amide bonds. The van der Waals surface area contributed by atoms with E-state index in [0.717, 1.165) is 35.0 Å². The number of carbonyl (C=O) groups is 2. The summed E-state index contributed by atoms with van der Waals surface area (Å²) in [6.45, 7) is 4.20. The van der Waals surface area contributed by atoms with Gasteiger partial charge in [-0.2, -0.15) is 0 Å². The lowest BCUT2D eigenvalue weighted by molar-refractivity contribution is -0.141. The fraction of sp³-hybridized carbons (Fsp3) is 0.375. The van der Waals surface area contributed by atoms with Crippen LogP contribution in [-0.4, -0.2) is 21.9 Å². The summed E-state index contributed by atoms with van der Waals surface area (Å²) in [4.78, 5) is 31.7. The third kappa shape index (κ3) is 5.86. The topological polar surface area (TPSA) is 78.4 Å². The van der Waals surface area contributed by atoms with Crippen LogP contribution in [0.3, 0.4) is 0 Å². The summed E-state index contributed by atoms with van der Waals surface area (Å²) in [5.41, 5.74) is 1.41. The van der Waals surface area contributed by atoms with E-state index in [4.69, 9.17) is 9.47 Å². The second-order valence-corrected chi connectivity index (χ2v) is 6.61. The number of aryl methyl sites for hydroxylation is 2. The van der Waals surface area contributed by atoms with Crippen LogP contribution in [0.15, 0.2) is 22.9 Å². The molecule has 0 radical (unpaired) electrons. The number of ether oxygens (including phenoxy) is 2. The minimum absolute atomic E-state index is 0.0906. The van der Waals surface area contributed by atoms with E-state index in [2.05, 4.69) is 9.97 Å². The maximum absolute atomic E-state index is 11.6. The molecule has 2 aromatic rings. The smallest absolute Gasteiger partial charge is 0.331 e. The Bertz CT molecular complexity index is 661. The predicted molar refractivity (Wildman–Crippen MR) is 91.7 cm³/mol. The van der Waals surface area contributed by atoms with Crippen molar-refractivity contribution in [3.05, 3.63) is 44.3 Å². The first kappa shape index (κ1) is 18.3. The number of esters is 2. The van der Waals surface area contributed by atoms with Crippen LogP contribution in [0.25, 0.3) is 0 Å². The zero-order chi connectivity index (χ0) is 17.4. The van der Waals surface area contributed by atoms with Crippen LogP contribution in [0, 0.1) is 0 Å². The number of nitrogens with zero attached hydrogens (tertiary/aromatic N) is 2. The standard InChI is InChI=1S/C16H18N2O4S2/c1-3-13-17-11(9-23-13)7-21-15(19)5-6-16(20)22-8-12-10-24-14(4-2)18-12/h5-6,9-10H,3-4,7-8H2,1-2H3/b6-5+. The minimum Gasteiger partial charge on any atom is -0.456 e. The van der Waals surface area contributed by atoms with E-state index in [1.165, 1.54) is 22.7 Å². The summed E-state index contributed by atoms with van der Waals surface area (Å²) in [5, 5.41) is 5.69. The molecule has 8 heteroatoms. The van der Waals surface area contributed by atoms with Gasteiger partial charge in [-0.1, -0.05) is 13.8 Å². The van der Waals surface area contributed by atoms with Gasteiger partial charge in [0.15, 0.2) is 0 Å². The van der Waals surface area contributed by atoms with Gasteiger partial charge in [0.25, 0.3) is 0 Å². The molecule has 0 saturated heterocycles. The van der Waals surface area contributed by atoms with Crippen molar-refractivity contribution >= 4 is 34.6 Å². The van der Waals surface area contributed by atoms with Crippen LogP contribution in [0.1, 0.15) is 35.3 Å². The first-order valence-electron chi connectivity index (χ1n) is 7.48. The Hall–Kier alpha value is -2.06. The van der Waals surface area contributed by atoms with Gasteiger partial charge >= 0.3 is 11.9 Å². The lowest BCUT2D eigenvalue weighted by atomic mass is 10.4. The normalized spacial score (nSPS) is 10.9. The van der Waals surface area contributed by atoms with Gasteiger partial charge in [0.1, 0.15) is 13.2 Å². The van der Waals surface area contributed by atoms with Crippen LogP contribution in [0.2, 0.25) is 0 Å². The third-order valence-electron chi connectivity index (χ3n) is 2.88. The molecular formula is C16H18N2O4S2. The zero-order valence-electron chi connectivity index (χ0n) is 13.5. The SMILES string of the molecule is CCc1nc(COC(=O)/C=C/C(=O)OCc2csc(CC)n2)cs1. The first-order valence-corrected chi connectivity index (χ1v) is 9.24. The molecule has 0 aromatic carbocycles. The highest BCUT2D eigenvalue weighted by atomic mass is 32.1. The summed E-state index contributed by atoms with van der Waals surface area (Å²) < 4.78 is 10.0. The minimum atomic E-state index is -0.611. The molecule has 0 aliphatic heterocycles. The molecule has 2 aromatic heterocycles. The molecule has 0 bridgehead atoms. The Kier molecular flexibility index (Phi) is 7.07. The van der Waals surface area contributed by atoms with Gasteiger partial charge in [0, 0.05) is 22.9 Å². The van der Waals surface area contributed by atoms with E-state index in [9.17, 15) is 9.59 Å². The van der Waals surface area contributed by atoms with Crippen molar-refractivity contribution in [2.24, 2.45) is 0 Å². The van der Waals surface area contributed by atoms with E-state index in [1.54, 1.807) is 0 Å². The highest BCUT2D eigenvalue weighted by molar-refractivity contribution is 7.09. The Morgan fingerprint density at radius 3 is 1.67 bits per heavy atom. The van der Waals surface area contributed by atoms with Crippen LogP contribution in [0.4, 0.5) is 0 Å². The van der Waals surface area contributed by atoms with Gasteiger partial charge in [-0.3, -0.25) is 0 Å². The van der Waals surface area contributed by atoms with E-state index >= 15 is 0 Å². The molecule has 0 atom stereocenters. The molecule has 0 unspecified atom stereocenters. The lowest BCUT2D eigenvalue weighted by Gasteiger charge is -1.99. The Morgan fingerprint density at radius 2 is 1.33 bits per heavy atom. The summed E-state index contributed by atoms with van der Waals surface area (Å²) >= 11 is 3.06. The largest absolute Gasteiger partial charge is 0.456 e. The van der Waals surface area contributed by atoms with Crippen molar-refractivity contribution in [1.82, 2.24) is 9.97 Å². The van der Waals surface area contributed by atoms with E-state index in [0.29, 0.717) is 11.4 Å². The molecule has 0 spiro atoms. The van der Waals surface area contributed by atoms with Crippen molar-refractivity contribution in [3.63, 3.8) is 0 Å². The second kappa shape index (κ2) is 9.29. The van der Waals surface area contributed by atoms with Gasteiger partial charge < -0.3 is 9.47 Å². The van der Waals surface area contributed by atoms with Crippen LogP contribution < -0.4 is 0 Å². The average Bonchev–Trinajstić information content (AvgIpc) is 3.24. The number of hydrogen-bond donors (Lipinski definition) is 0. The van der Waals surface area contributed by atoms with Crippen molar-refractivity contribution in [1.29, 1.82) is 0 Å². The number of hydrogen-bond acceptors (Lipinski definition) is 8. The predicted octanol–water partition coefficient (Wildman–Crippen LogP) is 3.07. The van der Waals surface area contributed by atoms with Crippen molar-refractivity contribution < 1.29 is 19.1 Å². The van der Waals surface area contributed by atoms with Gasteiger partial charge in [-0.25, -0.2) is 19.6 Å². The molecule has 2 rings (SSSR count). The van der Waals surface area contributed by atoms with Gasteiger partial charge in [-0.15, -0.1) is 22.7 Å². The van der Waals surface area contributed by atoms with Crippen LogP contribution in [-0.2, 0) is 45.1 Å². The summed E-state index contributed by atoms with van der Waals surface area (Å²) in [6, 6.07) is 0. The molecule has 0 fully saturated rings. The Morgan fingerprint density at radius 1 is 0.917 bits per heavy atom. The van der Waals surface area contributed by atoms with E-state index in [-0.39, 0.29) is 13.2 Å². The first-order chi connectivity index (χ1) is 11.6. The molecule has 6 nitrogen and oxygen atoms in total. The van der Waals surface area contributed by atoms with E-state index in [1.807, 2.05) is 24.6 Å². The van der Waals surface area contributed by atoms with Crippen LogP contribution in [0.5, 0.6) is 0 Å². The van der Waals surface area contributed by atoms with Gasteiger partial charge in [-0.05, 0) is 12.8 Å². The molecule has 0 aliphatic carbocycles. The monoisotopic (exact) mass is 366 g/mol. The fourth-order valence-electron chi connectivity index (χ4n) is 1.68. The maximum atomic E-state index is 11.6. The highest BCUT2D eigenvalue weighted by Crippen LogP contribution is 2.12. The van der Waals surface area contributed by atoms with Gasteiger partial charge in [0.2, 0.25) is 0 Å². The molecule has 24 heavy (non-hydrogen) atoms. The van der Waals surface area contributed by atoms with Crippen LogP contribution >= 0.6 is 22.7 Å². The van der Waals surface area contributed by atoms with Gasteiger partial charge in [0.05, 0.1) is 21.4 Å². The number of thiazole rings is 2. The van der Waals surface area contributed by atoms with Crippen molar-refractivity contribution in [2.75, 3.05) is 0 Å². The molecule has 2 heterocycles. The second-order valence-electron chi connectivity index (χ2n) is 4.72. The summed E-state index contributed by atoms with van der Waals surface area (Å²) in [5.74, 6) is -1.22. The Balaban J connectivity index is 1.70. The molecular weight excluding hydrogens is 348 g/mol. The highest BCUT2D eigenvalue weighted by Gasteiger charge is 2.06. The summed E-state index contributed by atoms with van der Waals surface area (Å²) in [7, 11) is 0. The maximum Gasteiger partial charge on any atom is 0.331 e. The Labute approximate surface area is 148 Å². The summed E-state index contributed by atoms with van der Waals surface area (Å²) in [6.07, 6.45) is 3.80. The van der Waals surface area contributed by atoms with E-state index < -0.39 is 11.9 Å². The lowest BCUT2D eigenvalue weighted by Crippen LogP contribution is -2.05. The fourth-order valence-corrected chi connectivity index (χ4v) is 3.14. The average molecular weight is 366 g/mol. The zero-order valence-corrected chi connectivity index (χ0v) is 15.1. The number of rotatable bonds is 8. The molecule has 0 aliphatic rings.